The Kier molecular flexibility index (Phi) is 10.8. The van der Waals surface area contributed by atoms with Crippen molar-refractivity contribution in [3.63, 3.8) is 0 Å². The fourth-order valence-electron chi connectivity index (χ4n) is 7.51. The van der Waals surface area contributed by atoms with Crippen LogP contribution in [0.15, 0.2) is 65.3 Å². The van der Waals surface area contributed by atoms with E-state index >= 15 is 0 Å². The summed E-state index contributed by atoms with van der Waals surface area (Å²) in [6.45, 7) is 3.23. The Labute approximate surface area is 323 Å². The van der Waals surface area contributed by atoms with Crippen LogP contribution in [-0.4, -0.2) is 73.6 Å². The molecule has 2 aliphatic rings. The summed E-state index contributed by atoms with van der Waals surface area (Å²) in [5, 5.41) is 13.4. The smallest absolute Gasteiger partial charge is 0.299 e. The molecule has 54 heavy (non-hydrogen) atoms. The number of rotatable bonds is 11. The number of methoxy groups -OCH3 is 4. The molecule has 1 amide bonds. The number of anilines is 1. The lowest BCUT2D eigenvalue weighted by molar-refractivity contribution is -0.163. The molecule has 3 atom stereocenters. The maximum atomic E-state index is 14.1. The fourth-order valence-corrected chi connectivity index (χ4v) is 8.20. The number of carbonyl (C=O) groups excluding carboxylic acids is 1. The molecular weight excluding hydrogens is 735 g/mol. The van der Waals surface area contributed by atoms with Gasteiger partial charge in [-0.25, -0.2) is 0 Å². The van der Waals surface area contributed by atoms with Gasteiger partial charge in [0.1, 0.15) is 40.2 Å². The number of hydrogen-bond acceptors (Lipinski definition) is 11. The topological polar surface area (TPSA) is 129 Å². The number of aromatic nitrogens is 2. The standard InChI is InChI=1S/C40H42Cl2N4O8/c1-23-36-24(14-27(41)15-31(36)42)10-12-46(23)38(47)35-18-40(48,11-13-53-35)30-19-43-20-32-37(30)54-39(44-32)45(21-25-6-8-28(49-2)16-33(25)51-4)22-26-7-9-29(50-3)17-34(26)52-5/h6-9,14-17,19-20,23,35,48H,10-13,18,21-22H2,1-5H3/t23-,35?,40?/m0/s1. The molecule has 3 aromatic carbocycles. The van der Waals surface area contributed by atoms with E-state index in [2.05, 4.69) is 4.98 Å². The van der Waals surface area contributed by atoms with E-state index in [0.717, 1.165) is 22.3 Å². The number of ether oxygens (including phenoxy) is 5. The van der Waals surface area contributed by atoms with E-state index in [1.54, 1.807) is 51.8 Å². The Hall–Kier alpha value is -4.75. The minimum atomic E-state index is -1.49. The summed E-state index contributed by atoms with van der Waals surface area (Å²) in [4.78, 5) is 27.1. The Balaban J connectivity index is 1.21. The predicted molar refractivity (Wildman–Crippen MR) is 204 cm³/mol. The van der Waals surface area contributed by atoms with E-state index in [1.807, 2.05) is 54.3 Å². The molecule has 0 aliphatic carbocycles. The summed E-state index contributed by atoms with van der Waals surface area (Å²) in [7, 11) is 6.42. The first-order valence-electron chi connectivity index (χ1n) is 17.6. The zero-order chi connectivity index (χ0) is 38.1. The van der Waals surface area contributed by atoms with Crippen LogP contribution in [-0.2, 0) is 34.6 Å². The number of halogens is 2. The molecular formula is C40H42Cl2N4O8. The molecule has 0 saturated carbocycles. The molecule has 2 aliphatic heterocycles. The van der Waals surface area contributed by atoms with Gasteiger partial charge in [-0.05, 0) is 60.9 Å². The van der Waals surface area contributed by atoms with Gasteiger partial charge < -0.3 is 43.0 Å². The Morgan fingerprint density at radius 1 is 0.963 bits per heavy atom. The second kappa shape index (κ2) is 15.5. The van der Waals surface area contributed by atoms with Crippen molar-refractivity contribution < 1.29 is 38.0 Å². The van der Waals surface area contributed by atoms with Gasteiger partial charge in [-0.3, -0.25) is 9.78 Å². The monoisotopic (exact) mass is 776 g/mol. The molecule has 4 heterocycles. The molecule has 0 spiro atoms. The third-order valence-corrected chi connectivity index (χ3v) is 10.9. The van der Waals surface area contributed by atoms with Gasteiger partial charge in [-0.2, -0.15) is 4.98 Å². The van der Waals surface area contributed by atoms with Crippen LogP contribution in [0.3, 0.4) is 0 Å². The van der Waals surface area contributed by atoms with Crippen LogP contribution in [0, 0.1) is 0 Å². The summed E-state index contributed by atoms with van der Waals surface area (Å²) in [5.41, 5.74) is 3.37. The van der Waals surface area contributed by atoms with Crippen molar-refractivity contribution in [3.8, 4) is 23.0 Å². The second-order valence-electron chi connectivity index (χ2n) is 13.5. The molecule has 1 fully saturated rings. The normalized spacial score (nSPS) is 19.7. The highest BCUT2D eigenvalue weighted by Crippen LogP contribution is 2.42. The Bertz CT molecular complexity index is 2120. The van der Waals surface area contributed by atoms with Crippen LogP contribution in [0.4, 0.5) is 6.01 Å². The van der Waals surface area contributed by atoms with Crippen LogP contribution in [0.1, 0.15) is 53.6 Å². The van der Waals surface area contributed by atoms with Gasteiger partial charge in [0.25, 0.3) is 11.9 Å². The molecule has 12 nitrogen and oxygen atoms in total. The van der Waals surface area contributed by atoms with Gasteiger partial charge in [-0.15, -0.1) is 0 Å². The SMILES string of the molecule is COc1ccc(CN(Cc2ccc(OC)cc2OC)c2nc3cncc(C4(O)CCOC(C(=O)N5CCc6cc(Cl)cc(Cl)c6[C@@H]5C)C4)c3o2)c(OC)c1. The number of fused-ring (bicyclic) bond motifs is 2. The van der Waals surface area contributed by atoms with Crippen LogP contribution in [0.2, 0.25) is 10.0 Å². The minimum absolute atomic E-state index is 0.00287. The molecule has 2 aromatic heterocycles. The van der Waals surface area contributed by atoms with Crippen LogP contribution in [0.25, 0.3) is 11.1 Å². The quantitative estimate of drug-likeness (QED) is 0.145. The number of benzene rings is 3. The van der Waals surface area contributed by atoms with Crippen molar-refractivity contribution in [2.75, 3.05) is 46.5 Å². The predicted octanol–water partition coefficient (Wildman–Crippen LogP) is 7.28. The van der Waals surface area contributed by atoms with E-state index in [4.69, 9.17) is 56.3 Å². The number of carbonyl (C=O) groups is 1. The van der Waals surface area contributed by atoms with Crippen molar-refractivity contribution in [1.29, 1.82) is 0 Å². The average molecular weight is 778 g/mol. The van der Waals surface area contributed by atoms with Crippen molar-refractivity contribution in [2.24, 2.45) is 0 Å². The highest BCUT2D eigenvalue weighted by atomic mass is 35.5. The van der Waals surface area contributed by atoms with Crippen LogP contribution >= 0.6 is 23.2 Å². The summed E-state index contributed by atoms with van der Waals surface area (Å²) < 4.78 is 34.9. The van der Waals surface area contributed by atoms with Gasteiger partial charge in [0.2, 0.25) is 0 Å². The second-order valence-corrected chi connectivity index (χ2v) is 14.4. The molecule has 2 unspecified atom stereocenters. The number of oxazole rings is 1. The third kappa shape index (κ3) is 7.23. The lowest BCUT2D eigenvalue weighted by atomic mass is 9.83. The minimum Gasteiger partial charge on any atom is -0.497 e. The molecule has 284 valence electrons. The molecule has 1 saturated heterocycles. The lowest BCUT2D eigenvalue weighted by Gasteiger charge is -2.41. The zero-order valence-electron chi connectivity index (χ0n) is 30.7. The highest BCUT2D eigenvalue weighted by Gasteiger charge is 2.44. The maximum Gasteiger partial charge on any atom is 0.299 e. The molecule has 5 aromatic rings. The van der Waals surface area contributed by atoms with Crippen molar-refractivity contribution >= 4 is 46.2 Å². The first kappa shape index (κ1) is 37.6. The maximum absolute atomic E-state index is 14.1. The van der Waals surface area contributed by atoms with Crippen molar-refractivity contribution in [1.82, 2.24) is 14.9 Å². The number of aliphatic hydroxyl groups is 1. The van der Waals surface area contributed by atoms with Gasteiger partial charge >= 0.3 is 0 Å². The number of amides is 1. The van der Waals surface area contributed by atoms with Crippen LogP contribution in [0.5, 0.6) is 23.0 Å². The largest absolute Gasteiger partial charge is 0.497 e. The summed E-state index contributed by atoms with van der Waals surface area (Å²) in [6.07, 6.45) is 3.11. The lowest BCUT2D eigenvalue weighted by Crippen LogP contribution is -2.50. The molecule has 14 heteroatoms. The zero-order valence-corrected chi connectivity index (χ0v) is 32.2. The van der Waals surface area contributed by atoms with E-state index in [-0.39, 0.29) is 37.4 Å². The molecule has 1 N–H and O–H groups in total. The van der Waals surface area contributed by atoms with Crippen molar-refractivity contribution in [3.05, 3.63) is 98.8 Å². The van der Waals surface area contributed by atoms with Crippen molar-refractivity contribution in [2.45, 2.75) is 57.0 Å². The van der Waals surface area contributed by atoms with Gasteiger partial charge in [0.05, 0.1) is 60.4 Å². The number of nitrogens with zero attached hydrogens (tertiary/aromatic N) is 4. The van der Waals surface area contributed by atoms with Gasteiger partial charge in [0, 0.05) is 64.5 Å². The summed E-state index contributed by atoms with van der Waals surface area (Å²) in [6, 6.07) is 14.8. The number of hydrogen-bond donors (Lipinski definition) is 1. The Morgan fingerprint density at radius 2 is 1.63 bits per heavy atom. The molecule has 7 rings (SSSR count). The van der Waals surface area contributed by atoms with E-state index < -0.39 is 11.7 Å². The van der Waals surface area contributed by atoms with E-state index in [9.17, 15) is 9.90 Å². The third-order valence-electron chi connectivity index (χ3n) is 10.4. The molecule has 0 bridgehead atoms. The molecule has 0 radical (unpaired) electrons. The Morgan fingerprint density at radius 3 is 2.26 bits per heavy atom. The van der Waals surface area contributed by atoms with Gasteiger partial charge in [0.15, 0.2) is 5.58 Å². The average Bonchev–Trinajstić information content (AvgIpc) is 3.62. The van der Waals surface area contributed by atoms with E-state index in [1.165, 1.54) is 0 Å². The van der Waals surface area contributed by atoms with Gasteiger partial charge in [-0.1, -0.05) is 23.2 Å². The first-order valence-corrected chi connectivity index (χ1v) is 18.4. The van der Waals surface area contributed by atoms with E-state index in [0.29, 0.717) is 75.8 Å². The summed E-state index contributed by atoms with van der Waals surface area (Å²) >= 11 is 12.9. The van der Waals surface area contributed by atoms with Crippen LogP contribution < -0.4 is 23.8 Å². The summed E-state index contributed by atoms with van der Waals surface area (Å²) in [5.74, 6) is 2.36. The number of pyridine rings is 1. The fraction of sp³-hybridized carbons (Fsp3) is 0.375. The first-order chi connectivity index (χ1) is 26.0. The highest BCUT2D eigenvalue weighted by molar-refractivity contribution is 6.35.